The van der Waals surface area contributed by atoms with Gasteiger partial charge >= 0.3 is 0 Å². The molecule has 1 aliphatic heterocycles. The van der Waals surface area contributed by atoms with Crippen LogP contribution in [0, 0.1) is 0 Å². The summed E-state index contributed by atoms with van der Waals surface area (Å²) >= 11 is 0. The number of carbonyl (C=O) groups is 1. The molecule has 4 aromatic rings. The van der Waals surface area contributed by atoms with Gasteiger partial charge in [0, 0.05) is 18.1 Å². The van der Waals surface area contributed by atoms with Crippen LogP contribution in [0.15, 0.2) is 60.8 Å². The van der Waals surface area contributed by atoms with Gasteiger partial charge in [-0.3, -0.25) is 9.20 Å². The molecular weight excluding hydrogens is 326 g/mol. The standard InChI is InChI=1S/C20H17N5O/c26-20(16-11-10-14-6-1-2-7-15(14)21-16)24-13-5-8-17(24)19-23-22-18-9-3-4-12-25(18)19/h1-4,6-7,9-12,17H,5,8,13H2. The molecule has 1 amide bonds. The molecule has 0 bridgehead atoms. The van der Waals surface area contributed by atoms with Crippen LogP contribution in [-0.4, -0.2) is 36.9 Å². The van der Waals surface area contributed by atoms with Gasteiger partial charge in [0.05, 0.1) is 11.6 Å². The number of para-hydroxylation sites is 1. The minimum atomic E-state index is -0.0758. The molecule has 0 saturated carbocycles. The Kier molecular flexibility index (Phi) is 3.41. The number of hydrogen-bond donors (Lipinski definition) is 0. The van der Waals surface area contributed by atoms with Crippen molar-refractivity contribution in [2.45, 2.75) is 18.9 Å². The van der Waals surface area contributed by atoms with Crippen molar-refractivity contribution < 1.29 is 4.79 Å². The van der Waals surface area contributed by atoms with E-state index in [2.05, 4.69) is 15.2 Å². The van der Waals surface area contributed by atoms with Crippen molar-refractivity contribution in [1.29, 1.82) is 0 Å². The van der Waals surface area contributed by atoms with Crippen molar-refractivity contribution in [2.75, 3.05) is 6.54 Å². The number of pyridine rings is 2. The van der Waals surface area contributed by atoms with Crippen LogP contribution < -0.4 is 0 Å². The Labute approximate surface area is 150 Å². The molecule has 1 aromatic carbocycles. The van der Waals surface area contributed by atoms with Gasteiger partial charge in [-0.1, -0.05) is 30.3 Å². The van der Waals surface area contributed by atoms with Gasteiger partial charge in [0.2, 0.25) is 0 Å². The summed E-state index contributed by atoms with van der Waals surface area (Å²) in [6.07, 6.45) is 3.78. The molecular formula is C20H17N5O. The maximum atomic E-state index is 13.1. The summed E-state index contributed by atoms with van der Waals surface area (Å²) < 4.78 is 1.96. The van der Waals surface area contributed by atoms with E-state index in [0.717, 1.165) is 35.2 Å². The second-order valence-corrected chi connectivity index (χ2v) is 6.53. The van der Waals surface area contributed by atoms with Crippen molar-refractivity contribution in [3.05, 3.63) is 72.3 Å². The summed E-state index contributed by atoms with van der Waals surface area (Å²) in [7, 11) is 0. The van der Waals surface area contributed by atoms with Crippen LogP contribution in [0.2, 0.25) is 0 Å². The fraction of sp³-hybridized carbons (Fsp3) is 0.200. The van der Waals surface area contributed by atoms with E-state index in [1.165, 1.54) is 0 Å². The fourth-order valence-electron chi connectivity index (χ4n) is 3.70. The monoisotopic (exact) mass is 343 g/mol. The molecule has 3 aromatic heterocycles. The molecule has 6 heteroatoms. The van der Waals surface area contributed by atoms with Crippen molar-refractivity contribution in [3.63, 3.8) is 0 Å². The van der Waals surface area contributed by atoms with Gasteiger partial charge in [-0.15, -0.1) is 10.2 Å². The molecule has 4 heterocycles. The highest BCUT2D eigenvalue weighted by atomic mass is 16.2. The summed E-state index contributed by atoms with van der Waals surface area (Å²) in [4.78, 5) is 19.6. The van der Waals surface area contributed by atoms with E-state index in [0.29, 0.717) is 12.2 Å². The Hall–Kier alpha value is -3.28. The quantitative estimate of drug-likeness (QED) is 0.560. The van der Waals surface area contributed by atoms with Gasteiger partial charge < -0.3 is 4.90 Å². The Morgan fingerprint density at radius 3 is 2.85 bits per heavy atom. The third kappa shape index (κ3) is 2.34. The van der Waals surface area contributed by atoms with Crippen LogP contribution in [0.1, 0.15) is 35.2 Å². The minimum Gasteiger partial charge on any atom is -0.327 e. The smallest absolute Gasteiger partial charge is 0.273 e. The maximum absolute atomic E-state index is 13.1. The highest BCUT2D eigenvalue weighted by Gasteiger charge is 2.34. The molecule has 1 aliphatic rings. The first kappa shape index (κ1) is 15.0. The second kappa shape index (κ2) is 5.91. The third-order valence-electron chi connectivity index (χ3n) is 4.97. The topological polar surface area (TPSA) is 63.4 Å². The summed E-state index contributed by atoms with van der Waals surface area (Å²) in [5.74, 6) is 0.762. The first-order valence-corrected chi connectivity index (χ1v) is 8.78. The van der Waals surface area contributed by atoms with Crippen LogP contribution in [0.3, 0.4) is 0 Å². The van der Waals surface area contributed by atoms with Crippen LogP contribution in [0.5, 0.6) is 0 Å². The SMILES string of the molecule is O=C(c1ccc2ccccc2n1)N1CCCC1c1nnc2ccccn12. The number of aromatic nitrogens is 4. The minimum absolute atomic E-state index is 0.0501. The van der Waals surface area contributed by atoms with E-state index < -0.39 is 0 Å². The molecule has 128 valence electrons. The number of hydrogen-bond acceptors (Lipinski definition) is 4. The van der Waals surface area contributed by atoms with Gasteiger partial charge in [-0.05, 0) is 37.1 Å². The first-order valence-electron chi connectivity index (χ1n) is 8.78. The average Bonchev–Trinajstić information content (AvgIpc) is 3.33. The van der Waals surface area contributed by atoms with Crippen molar-refractivity contribution in [1.82, 2.24) is 24.5 Å². The van der Waals surface area contributed by atoms with Gasteiger partial charge in [0.15, 0.2) is 11.5 Å². The molecule has 5 rings (SSSR count). The fourth-order valence-corrected chi connectivity index (χ4v) is 3.70. The maximum Gasteiger partial charge on any atom is 0.273 e. The molecule has 26 heavy (non-hydrogen) atoms. The highest BCUT2D eigenvalue weighted by molar-refractivity contribution is 5.95. The predicted octanol–water partition coefficient (Wildman–Crippen LogP) is 3.25. The van der Waals surface area contributed by atoms with Crippen molar-refractivity contribution in [3.8, 4) is 0 Å². The van der Waals surface area contributed by atoms with Gasteiger partial charge in [0.25, 0.3) is 5.91 Å². The number of fused-ring (bicyclic) bond motifs is 2. The number of nitrogens with zero attached hydrogens (tertiary/aromatic N) is 5. The predicted molar refractivity (Wildman–Crippen MR) is 97.7 cm³/mol. The lowest BCUT2D eigenvalue weighted by atomic mass is 10.1. The number of benzene rings is 1. The Morgan fingerprint density at radius 2 is 1.88 bits per heavy atom. The molecule has 0 spiro atoms. The summed E-state index contributed by atoms with van der Waals surface area (Å²) in [6.45, 7) is 0.708. The number of likely N-dealkylation sites (tertiary alicyclic amines) is 1. The molecule has 0 radical (unpaired) electrons. The van der Waals surface area contributed by atoms with Crippen LogP contribution in [0.25, 0.3) is 16.6 Å². The van der Waals surface area contributed by atoms with E-state index in [1.54, 1.807) is 0 Å². The third-order valence-corrected chi connectivity index (χ3v) is 4.97. The molecule has 0 N–H and O–H groups in total. The van der Waals surface area contributed by atoms with Gasteiger partial charge in [0.1, 0.15) is 5.69 Å². The lowest BCUT2D eigenvalue weighted by Gasteiger charge is -2.23. The highest BCUT2D eigenvalue weighted by Crippen LogP contribution is 2.32. The van der Waals surface area contributed by atoms with Crippen LogP contribution in [0.4, 0.5) is 0 Å². The van der Waals surface area contributed by atoms with Crippen molar-refractivity contribution in [2.24, 2.45) is 0 Å². The Balaban J connectivity index is 1.52. The number of carbonyl (C=O) groups excluding carboxylic acids is 1. The normalized spacial score (nSPS) is 17.2. The molecule has 6 nitrogen and oxygen atoms in total. The zero-order valence-electron chi connectivity index (χ0n) is 14.1. The molecule has 0 aliphatic carbocycles. The van der Waals surface area contributed by atoms with E-state index in [1.807, 2.05) is 70.1 Å². The second-order valence-electron chi connectivity index (χ2n) is 6.53. The molecule has 1 fully saturated rings. The lowest BCUT2D eigenvalue weighted by molar-refractivity contribution is 0.0723. The van der Waals surface area contributed by atoms with Crippen LogP contribution in [-0.2, 0) is 0 Å². The van der Waals surface area contributed by atoms with Crippen LogP contribution >= 0.6 is 0 Å². The summed E-state index contributed by atoms with van der Waals surface area (Å²) in [5.41, 5.74) is 2.11. The van der Waals surface area contributed by atoms with E-state index in [-0.39, 0.29) is 11.9 Å². The number of rotatable bonds is 2. The van der Waals surface area contributed by atoms with Gasteiger partial charge in [-0.2, -0.15) is 0 Å². The van der Waals surface area contributed by atoms with E-state index >= 15 is 0 Å². The first-order chi connectivity index (χ1) is 12.8. The summed E-state index contributed by atoms with van der Waals surface area (Å²) in [5, 5.41) is 9.62. The average molecular weight is 343 g/mol. The zero-order chi connectivity index (χ0) is 17.5. The van der Waals surface area contributed by atoms with E-state index in [9.17, 15) is 4.79 Å². The Bertz CT molecular complexity index is 1120. The van der Waals surface area contributed by atoms with Crippen molar-refractivity contribution >= 4 is 22.5 Å². The summed E-state index contributed by atoms with van der Waals surface area (Å²) in [6, 6.07) is 17.3. The lowest BCUT2D eigenvalue weighted by Crippen LogP contribution is -2.32. The molecule has 1 unspecified atom stereocenters. The largest absolute Gasteiger partial charge is 0.327 e. The van der Waals surface area contributed by atoms with E-state index in [4.69, 9.17) is 0 Å². The molecule has 1 saturated heterocycles. The zero-order valence-corrected chi connectivity index (χ0v) is 14.1. The molecule has 1 atom stereocenters. The Morgan fingerprint density at radius 1 is 1.00 bits per heavy atom. The number of amides is 1. The van der Waals surface area contributed by atoms with Gasteiger partial charge in [-0.25, -0.2) is 4.98 Å².